The van der Waals surface area contributed by atoms with Gasteiger partial charge in [0, 0.05) is 106 Å². The molecule has 0 saturated carbocycles. The molecule has 0 heterocycles. The van der Waals surface area contributed by atoms with Crippen LogP contribution in [0.3, 0.4) is 0 Å². The van der Waals surface area contributed by atoms with Crippen LogP contribution in [0, 0.1) is 0 Å². The molecule has 0 aliphatic rings. The first kappa shape index (κ1) is 11.4. The van der Waals surface area contributed by atoms with E-state index in [2.05, 4.69) is 118 Å². The normalized spacial score (nSPS) is 23.1. The van der Waals surface area contributed by atoms with Gasteiger partial charge < -0.3 is 0 Å². The Morgan fingerprint density at radius 1 is 0.857 bits per heavy atom. The van der Waals surface area contributed by atoms with Gasteiger partial charge in [0.2, 0.25) is 0 Å². The van der Waals surface area contributed by atoms with E-state index < -0.39 is -6.82 Å². The van der Waals surface area contributed by atoms with Crippen molar-refractivity contribution in [3.05, 3.63) is 0 Å². The van der Waals surface area contributed by atoms with Crippen LogP contribution >= 0.6 is 111 Å². The summed E-state index contributed by atoms with van der Waals surface area (Å²) in [6.45, 7) is 0. The third kappa shape index (κ3) is 38.1. The van der Waals surface area contributed by atoms with Crippen LogP contribution in [0.1, 0.15) is 0 Å². The molecule has 0 rings (SSSR count). The Kier molecular flexibility index (Phi) is 3.92. The molecular weight excluding hydrogens is 699 g/mol. The highest BCUT2D eigenvalue weighted by Gasteiger charge is 2.43. The second kappa shape index (κ2) is 2.42. The zero-order valence-corrected chi connectivity index (χ0v) is 15.2. The highest BCUT2D eigenvalue weighted by Crippen LogP contribution is 3.20. The maximum absolute atomic E-state index is 4.49. The van der Waals surface area contributed by atoms with Crippen LogP contribution in [-0.2, 0) is 0 Å². The Hall–Kier alpha value is 4.35. The molecule has 0 aliphatic carbocycles. The third-order valence-electron chi connectivity index (χ3n) is 0. The van der Waals surface area contributed by atoms with Crippen molar-refractivity contribution in [2.45, 2.75) is 0 Å². The van der Waals surface area contributed by atoms with Crippen LogP contribution in [0.15, 0.2) is 0 Å². The molecule has 0 atom stereocenters. The van der Waals surface area contributed by atoms with Crippen molar-refractivity contribution in [2.24, 2.45) is 0 Å². The molecule has 0 unspecified atom stereocenters. The first-order valence-electron chi connectivity index (χ1n) is 0.954. The van der Waals surface area contributed by atoms with Gasteiger partial charge in [0.1, 0.15) is 0 Å². The molecule has 7 heteroatoms. The molecule has 0 fully saturated rings. The van der Waals surface area contributed by atoms with E-state index >= 15 is 0 Å². The number of halogens is 5. The topological polar surface area (TPSA) is 0 Å². The fraction of sp³-hybridized carbons (Fsp3) is 0. The van der Waals surface area contributed by atoms with Gasteiger partial charge in [0.25, 0.3) is 0 Å². The molecule has 0 aromatic heterocycles. The first-order valence-corrected chi connectivity index (χ1v) is 17.2. The quantitative estimate of drug-likeness (QED) is 0.194. The maximum atomic E-state index is 4.49. The van der Waals surface area contributed by atoms with E-state index in [0.717, 1.165) is 0 Å². The van der Waals surface area contributed by atoms with Crippen molar-refractivity contribution in [3.63, 3.8) is 0 Å². The largest absolute Gasteiger partial charge is 0.104 e. The number of thiol groups is 1. The molecule has 0 amide bonds. The Morgan fingerprint density at radius 3 is 0.857 bits per heavy atom. The molecule has 0 N–H and O–H groups in total. The van der Waals surface area contributed by atoms with Crippen molar-refractivity contribution < 1.29 is 0 Å². The van der Waals surface area contributed by atoms with E-state index in [9.17, 15) is 0 Å². The SMILES string of the molecule is SS(I)(I)(I)(I)I. The van der Waals surface area contributed by atoms with Crippen LogP contribution in [0.4, 0.5) is 0 Å². The fourth-order valence-electron chi connectivity index (χ4n) is 0. The summed E-state index contributed by atoms with van der Waals surface area (Å²) in [6.07, 6.45) is 0. The van der Waals surface area contributed by atoms with Gasteiger partial charge in [-0.2, -0.15) is 0 Å². The van der Waals surface area contributed by atoms with Gasteiger partial charge >= 0.3 is 0 Å². The predicted octanol–water partition coefficient (Wildman–Crippen LogP) is 5.46. The molecule has 0 bridgehead atoms. The van der Waals surface area contributed by atoms with Crippen molar-refractivity contribution in [2.75, 3.05) is 0 Å². The van der Waals surface area contributed by atoms with Gasteiger partial charge in [0.15, 0.2) is 0 Å². The molecule has 0 radical (unpaired) electrons. The van der Waals surface area contributed by atoms with E-state index in [4.69, 9.17) is 0 Å². The smallest absolute Gasteiger partial charge is 0.00418 e. The van der Waals surface area contributed by atoms with Gasteiger partial charge in [0.05, 0.1) is 0 Å². The molecule has 0 spiro atoms. The average molecular weight is 700 g/mol. The second-order valence-electron chi connectivity index (χ2n) is 0.928. The standard InChI is InChI=1S/HI5S2/c1-7(2,3,4,5)6/h6H. The fourth-order valence-corrected chi connectivity index (χ4v) is 0. The summed E-state index contributed by atoms with van der Waals surface area (Å²) in [6, 6.07) is 0. The highest BCUT2D eigenvalue weighted by molar-refractivity contribution is 14.7. The Balaban J connectivity index is 4.43. The molecular formula is HI5S2. The van der Waals surface area contributed by atoms with Crippen molar-refractivity contribution in [1.82, 2.24) is 0 Å². The van der Waals surface area contributed by atoms with Gasteiger partial charge in [-0.3, -0.25) is 0 Å². The molecule has 0 aromatic rings. The van der Waals surface area contributed by atoms with Gasteiger partial charge in [-0.1, -0.05) is 0 Å². The summed E-state index contributed by atoms with van der Waals surface area (Å²) >= 11 is 16.4. The molecule has 7 heavy (non-hydrogen) atoms. The summed E-state index contributed by atoms with van der Waals surface area (Å²) in [5.41, 5.74) is 0. The van der Waals surface area contributed by atoms with Crippen molar-refractivity contribution in [1.29, 1.82) is 0 Å². The zero-order chi connectivity index (χ0) is 6.41. The minimum Gasteiger partial charge on any atom is -0.104 e. The maximum Gasteiger partial charge on any atom is 0.00418 e. The summed E-state index contributed by atoms with van der Waals surface area (Å²) in [5, 5.41) is 0. The predicted molar refractivity (Wildman–Crippen MR) is 86.7 cm³/mol. The van der Waals surface area contributed by atoms with Gasteiger partial charge in [-0.25, -0.2) is 0 Å². The van der Waals surface area contributed by atoms with Crippen molar-refractivity contribution in [3.8, 4) is 0 Å². The minimum atomic E-state index is -1.93. The highest BCUT2D eigenvalue weighted by atomic mass is 127. The lowest BCUT2D eigenvalue weighted by Crippen LogP contribution is -1.70. The van der Waals surface area contributed by atoms with Crippen LogP contribution < -0.4 is 0 Å². The number of rotatable bonds is 0. The first-order chi connectivity index (χ1) is 2.45. The Labute approximate surface area is 107 Å². The molecule has 0 aliphatic heterocycles. The minimum absolute atomic E-state index is 1.93. The second-order valence-corrected chi connectivity index (χ2v) is 99.6. The molecule has 0 aromatic carbocycles. The van der Waals surface area contributed by atoms with Gasteiger partial charge in [-0.05, 0) is -6.82 Å². The van der Waals surface area contributed by atoms with E-state index in [1.807, 2.05) is 0 Å². The average Bonchev–Trinajstić information content (AvgIpc) is 0.592. The van der Waals surface area contributed by atoms with Crippen LogP contribution in [0.25, 0.3) is 0 Å². The lowest BCUT2D eigenvalue weighted by atomic mass is 31.0. The van der Waals surface area contributed by atoms with Gasteiger partial charge in [-0.15, -0.1) is 11.7 Å². The Bertz CT molecular complexity index is 64.6. The summed E-state index contributed by atoms with van der Waals surface area (Å²) in [7, 11) is 0. The van der Waals surface area contributed by atoms with Crippen LogP contribution in [0.2, 0.25) is 0 Å². The van der Waals surface area contributed by atoms with Crippen LogP contribution in [-0.4, -0.2) is 0 Å². The number of hydrogen-bond acceptors (Lipinski definition) is 1. The zero-order valence-electron chi connectivity index (χ0n) is 2.75. The monoisotopic (exact) mass is 699 g/mol. The van der Waals surface area contributed by atoms with E-state index in [1.165, 1.54) is 0 Å². The lowest BCUT2D eigenvalue weighted by Gasteiger charge is -2.47. The summed E-state index contributed by atoms with van der Waals surface area (Å²) in [4.78, 5) is 0. The van der Waals surface area contributed by atoms with Crippen LogP contribution in [0.5, 0.6) is 0 Å². The van der Waals surface area contributed by atoms with E-state index in [0.29, 0.717) is 0 Å². The lowest BCUT2D eigenvalue weighted by molar-refractivity contribution is 6.22. The molecule has 0 nitrogen and oxygen atoms in total. The van der Waals surface area contributed by atoms with E-state index in [-0.39, 0.29) is 0 Å². The van der Waals surface area contributed by atoms with Crippen molar-refractivity contribution >= 4 is 111 Å². The Morgan fingerprint density at radius 2 is 0.857 bits per heavy atom. The molecule has 0 saturated heterocycles. The molecule has 48 valence electrons. The summed E-state index contributed by atoms with van der Waals surface area (Å²) in [5.74, 6) is 0. The number of hydrogen-bond donors (Lipinski definition) is 1. The summed E-state index contributed by atoms with van der Waals surface area (Å²) < 4.78 is -1.93. The third-order valence-corrected chi connectivity index (χ3v) is 0. The van der Waals surface area contributed by atoms with E-state index in [1.54, 1.807) is 0 Å².